The van der Waals surface area contributed by atoms with Crippen molar-refractivity contribution >= 4 is 29.3 Å². The quantitative estimate of drug-likeness (QED) is 0.175. The Kier molecular flexibility index (Phi) is 8.25. The highest BCUT2D eigenvalue weighted by Gasteiger charge is 2.17. The maximum absolute atomic E-state index is 11.7. The molecule has 38 heavy (non-hydrogen) atoms. The third-order valence-electron chi connectivity index (χ3n) is 6.37. The number of nitrogens with zero attached hydrogens (tertiary/aromatic N) is 4. The first-order chi connectivity index (χ1) is 18.6. The molecule has 9 heteroatoms. The topological polar surface area (TPSA) is 105 Å². The Morgan fingerprint density at radius 2 is 1.76 bits per heavy atom. The highest BCUT2D eigenvalue weighted by atomic mass is 32.2. The van der Waals surface area contributed by atoms with E-state index in [-0.39, 0.29) is 0 Å². The highest BCUT2D eigenvalue weighted by Crippen LogP contribution is 2.36. The van der Waals surface area contributed by atoms with E-state index in [0.29, 0.717) is 17.1 Å². The fourth-order valence-corrected chi connectivity index (χ4v) is 6.46. The molecule has 0 fully saturated rings. The van der Waals surface area contributed by atoms with Gasteiger partial charge in [-0.2, -0.15) is 9.59 Å². The van der Waals surface area contributed by atoms with Gasteiger partial charge in [0.05, 0.1) is 15.5 Å². The van der Waals surface area contributed by atoms with Crippen LogP contribution >= 0.6 is 23.3 Å². The fourth-order valence-electron chi connectivity index (χ4n) is 4.36. The summed E-state index contributed by atoms with van der Waals surface area (Å²) in [7, 11) is 0. The average molecular weight is 542 g/mol. The van der Waals surface area contributed by atoms with E-state index in [1.165, 1.54) is 22.7 Å². The summed E-state index contributed by atoms with van der Waals surface area (Å²) >= 11 is 3.20. The normalized spacial score (nSPS) is 11.1. The fraction of sp³-hybridized carbons (Fsp3) is 0.207. The largest absolute Gasteiger partial charge is 0.478 e. The molecule has 3 aromatic carbocycles. The molecule has 2 N–H and O–H groups in total. The minimum Gasteiger partial charge on any atom is -0.478 e. The van der Waals surface area contributed by atoms with Crippen molar-refractivity contribution in [2.45, 2.75) is 42.6 Å². The molecule has 2 aromatic heterocycles. The van der Waals surface area contributed by atoms with Crippen LogP contribution in [-0.2, 0) is 18.6 Å². The van der Waals surface area contributed by atoms with E-state index in [2.05, 4.69) is 57.9 Å². The van der Waals surface area contributed by atoms with Crippen LogP contribution in [0, 0.1) is 0 Å². The maximum Gasteiger partial charge on any atom is 0.335 e. The predicted molar refractivity (Wildman–Crippen MR) is 152 cm³/mol. The average Bonchev–Trinajstić information content (AvgIpc) is 3.62. The van der Waals surface area contributed by atoms with Gasteiger partial charge in [-0.05, 0) is 57.9 Å². The molecule has 0 saturated heterocycles. The number of unbranched alkanes of at least 4 members (excludes halogenated alkanes) is 1. The minimum atomic E-state index is -0.893. The Balaban J connectivity index is 1.39. The van der Waals surface area contributed by atoms with Crippen molar-refractivity contribution in [3.05, 3.63) is 101 Å². The zero-order chi connectivity index (χ0) is 26.3. The van der Waals surface area contributed by atoms with Crippen molar-refractivity contribution in [2.75, 3.05) is 0 Å². The van der Waals surface area contributed by atoms with E-state index in [1.807, 2.05) is 30.3 Å². The van der Waals surface area contributed by atoms with Crippen LogP contribution in [-0.4, -0.2) is 36.1 Å². The number of tetrazole rings is 1. The number of aromatic amines is 1. The number of aryl methyl sites for hydroxylation is 1. The first-order valence-electron chi connectivity index (χ1n) is 12.5. The van der Waals surface area contributed by atoms with Gasteiger partial charge in [-0.3, -0.25) is 0 Å². The van der Waals surface area contributed by atoms with E-state index in [1.54, 1.807) is 23.9 Å². The summed E-state index contributed by atoms with van der Waals surface area (Å²) in [5.74, 6) is 0.271. The van der Waals surface area contributed by atoms with Crippen LogP contribution in [0.1, 0.15) is 52.5 Å². The molecule has 2 heterocycles. The van der Waals surface area contributed by atoms with Crippen LogP contribution in [0.3, 0.4) is 0 Å². The van der Waals surface area contributed by atoms with Crippen LogP contribution in [0.4, 0.5) is 0 Å². The summed E-state index contributed by atoms with van der Waals surface area (Å²) in [5, 5.41) is 24.1. The minimum absolute atomic E-state index is 0.356. The van der Waals surface area contributed by atoms with Gasteiger partial charge in [-0.15, -0.1) is 22.0 Å². The lowest BCUT2D eigenvalue weighted by atomic mass is 9.96. The van der Waals surface area contributed by atoms with Gasteiger partial charge in [0.25, 0.3) is 0 Å². The number of hydrogen-bond acceptors (Lipinski definition) is 7. The van der Waals surface area contributed by atoms with Crippen LogP contribution < -0.4 is 0 Å². The summed E-state index contributed by atoms with van der Waals surface area (Å²) in [6, 6.07) is 23.9. The molecular weight excluding hydrogens is 514 g/mol. The zero-order valence-electron chi connectivity index (χ0n) is 20.9. The first kappa shape index (κ1) is 25.8. The number of aromatic carboxylic acids is 1. The molecule has 0 atom stereocenters. The number of carboxylic acid groups (broad SMARTS) is 1. The Labute approximate surface area is 229 Å². The van der Waals surface area contributed by atoms with E-state index < -0.39 is 5.97 Å². The Morgan fingerprint density at radius 1 is 1.00 bits per heavy atom. The highest BCUT2D eigenvalue weighted by molar-refractivity contribution is 8.00. The number of aromatic nitrogens is 5. The lowest BCUT2D eigenvalue weighted by Gasteiger charge is -2.10. The number of nitrogens with one attached hydrogen (secondary N) is 1. The van der Waals surface area contributed by atoms with Crippen LogP contribution in [0.15, 0.2) is 77.0 Å². The zero-order valence-corrected chi connectivity index (χ0v) is 22.6. The van der Waals surface area contributed by atoms with Crippen LogP contribution in [0.5, 0.6) is 0 Å². The molecule has 7 nitrogen and oxygen atoms in total. The van der Waals surface area contributed by atoms with E-state index in [4.69, 9.17) is 4.37 Å². The third-order valence-corrected chi connectivity index (χ3v) is 8.63. The molecule has 0 aliphatic rings. The summed E-state index contributed by atoms with van der Waals surface area (Å²) in [4.78, 5) is 11.7. The van der Waals surface area contributed by atoms with E-state index >= 15 is 0 Å². The van der Waals surface area contributed by atoms with E-state index in [0.717, 1.165) is 57.8 Å². The molecule has 0 saturated carbocycles. The lowest BCUT2D eigenvalue weighted by Crippen LogP contribution is -2.01. The third kappa shape index (κ3) is 5.84. The van der Waals surface area contributed by atoms with Gasteiger partial charge >= 0.3 is 5.97 Å². The van der Waals surface area contributed by atoms with Gasteiger partial charge in [-0.25, -0.2) is 4.79 Å². The number of rotatable bonds is 11. The number of hydrogen-bond donors (Lipinski definition) is 2. The summed E-state index contributed by atoms with van der Waals surface area (Å²) < 4.78 is 5.96. The van der Waals surface area contributed by atoms with Crippen molar-refractivity contribution in [2.24, 2.45) is 0 Å². The van der Waals surface area contributed by atoms with Gasteiger partial charge < -0.3 is 5.11 Å². The Morgan fingerprint density at radius 3 is 2.50 bits per heavy atom. The molecule has 5 rings (SSSR count). The van der Waals surface area contributed by atoms with Crippen molar-refractivity contribution in [1.82, 2.24) is 25.0 Å². The molecule has 192 valence electrons. The second kappa shape index (κ2) is 12.1. The van der Waals surface area contributed by atoms with Crippen LogP contribution in [0.2, 0.25) is 0 Å². The van der Waals surface area contributed by atoms with Gasteiger partial charge in [0, 0.05) is 23.3 Å². The van der Waals surface area contributed by atoms with Crippen molar-refractivity contribution < 1.29 is 9.90 Å². The lowest BCUT2D eigenvalue weighted by molar-refractivity contribution is 0.0696. The molecule has 0 aliphatic heterocycles. The standard InChI is InChI=1S/C29H27N5O2S2/c1-2-3-12-26-25(29(38-32-26)37-18-21-8-4-5-10-23(21)28(35)36)17-19-13-15-20(16-14-19)22-9-6-7-11-24(22)27-30-33-34-31-27/h4-11,13-16H,2-3,12,17-18H2,1H3,(H,35,36)(H,30,31,33,34). The summed E-state index contributed by atoms with van der Waals surface area (Å²) in [6.45, 7) is 2.19. The molecule has 0 amide bonds. The second-order valence-corrected chi connectivity index (χ2v) is 10.9. The van der Waals surface area contributed by atoms with Gasteiger partial charge in [-0.1, -0.05) is 80.1 Å². The van der Waals surface area contributed by atoms with Crippen molar-refractivity contribution in [1.29, 1.82) is 0 Å². The molecule has 0 aliphatic carbocycles. The van der Waals surface area contributed by atoms with Gasteiger partial charge in [0.15, 0.2) is 0 Å². The first-order valence-corrected chi connectivity index (χ1v) is 14.2. The smallest absolute Gasteiger partial charge is 0.335 e. The Bertz CT molecular complexity index is 1510. The van der Waals surface area contributed by atoms with E-state index in [9.17, 15) is 9.90 Å². The number of carboxylic acids is 1. The second-order valence-electron chi connectivity index (χ2n) is 8.90. The molecule has 0 radical (unpaired) electrons. The maximum atomic E-state index is 11.7. The number of benzene rings is 3. The molecular formula is C29H27N5O2S2. The number of carbonyl (C=O) groups is 1. The van der Waals surface area contributed by atoms with Gasteiger partial charge in [0.1, 0.15) is 0 Å². The number of H-pyrrole nitrogens is 1. The predicted octanol–water partition coefficient (Wildman–Crippen LogP) is 6.91. The number of thioether (sulfide) groups is 1. The van der Waals surface area contributed by atoms with Crippen molar-refractivity contribution in [3.63, 3.8) is 0 Å². The molecule has 0 unspecified atom stereocenters. The van der Waals surface area contributed by atoms with Crippen LogP contribution in [0.25, 0.3) is 22.5 Å². The SMILES string of the molecule is CCCCc1nsc(SCc2ccccc2C(=O)O)c1Cc1ccc(-c2ccccc2-c2nn[nH]n2)cc1. The summed E-state index contributed by atoms with van der Waals surface area (Å²) in [6.07, 6.45) is 3.93. The monoisotopic (exact) mass is 541 g/mol. The molecule has 0 spiro atoms. The van der Waals surface area contributed by atoms with Crippen molar-refractivity contribution in [3.8, 4) is 22.5 Å². The molecule has 0 bridgehead atoms. The van der Waals surface area contributed by atoms with Gasteiger partial charge in [0.2, 0.25) is 5.82 Å². The Hall–Kier alpha value is -3.82. The molecule has 5 aromatic rings. The summed E-state index contributed by atoms with van der Waals surface area (Å²) in [5.41, 5.74) is 7.85.